The van der Waals surface area contributed by atoms with Crippen LogP contribution >= 0.6 is 11.8 Å². The fourth-order valence-corrected chi connectivity index (χ4v) is 7.52. The first kappa shape index (κ1) is 23.1. The second kappa shape index (κ2) is 8.68. The average molecular weight is 481 g/mol. The first-order chi connectivity index (χ1) is 15.1. The Labute approximate surface area is 192 Å². The molecule has 32 heavy (non-hydrogen) atoms. The Kier molecular flexibility index (Phi) is 6.25. The summed E-state index contributed by atoms with van der Waals surface area (Å²) in [6.07, 6.45) is 2.28. The smallest absolute Gasteiger partial charge is 0.243 e. The van der Waals surface area contributed by atoms with Crippen LogP contribution in [0.5, 0.6) is 0 Å². The van der Waals surface area contributed by atoms with E-state index in [0.29, 0.717) is 43.8 Å². The van der Waals surface area contributed by atoms with Gasteiger partial charge < -0.3 is 15.5 Å². The Morgan fingerprint density at radius 3 is 2.44 bits per heavy atom. The molecule has 3 aliphatic heterocycles. The van der Waals surface area contributed by atoms with Crippen LogP contribution in [-0.4, -0.2) is 71.1 Å². The van der Waals surface area contributed by atoms with Gasteiger partial charge in [0, 0.05) is 43.9 Å². The van der Waals surface area contributed by atoms with Crippen LogP contribution in [-0.2, 0) is 24.4 Å². The van der Waals surface area contributed by atoms with Crippen molar-refractivity contribution in [3.05, 3.63) is 24.3 Å². The summed E-state index contributed by atoms with van der Waals surface area (Å²) in [6, 6.07) is 5.52. The molecule has 174 valence electrons. The molecule has 3 fully saturated rings. The Morgan fingerprint density at radius 2 is 1.81 bits per heavy atom. The van der Waals surface area contributed by atoms with Crippen LogP contribution in [0.15, 0.2) is 29.2 Å². The van der Waals surface area contributed by atoms with E-state index in [9.17, 15) is 22.8 Å². The topological polar surface area (TPSA) is 116 Å². The number of piperidine rings is 1. The van der Waals surface area contributed by atoms with E-state index in [-0.39, 0.29) is 33.5 Å². The van der Waals surface area contributed by atoms with Gasteiger partial charge in [0.15, 0.2) is 0 Å². The van der Waals surface area contributed by atoms with Gasteiger partial charge in [-0.15, -0.1) is 11.8 Å². The molecule has 2 N–H and O–H groups in total. The highest BCUT2D eigenvalue weighted by Crippen LogP contribution is 2.47. The molecule has 0 aromatic heterocycles. The van der Waals surface area contributed by atoms with E-state index in [4.69, 9.17) is 0 Å². The van der Waals surface area contributed by atoms with Crippen molar-refractivity contribution in [1.82, 2.24) is 14.5 Å². The number of nitrogens with one attached hydrogen (secondary N) is 2. The van der Waals surface area contributed by atoms with Crippen LogP contribution in [0.25, 0.3) is 0 Å². The summed E-state index contributed by atoms with van der Waals surface area (Å²) in [6.45, 7) is 4.02. The van der Waals surface area contributed by atoms with Gasteiger partial charge in [-0.2, -0.15) is 4.31 Å². The molecule has 2 unspecified atom stereocenters. The van der Waals surface area contributed by atoms with Crippen molar-refractivity contribution >= 4 is 45.2 Å². The van der Waals surface area contributed by atoms with Crippen molar-refractivity contribution in [3.8, 4) is 0 Å². The van der Waals surface area contributed by atoms with Crippen LogP contribution in [0.4, 0.5) is 5.69 Å². The van der Waals surface area contributed by atoms with Gasteiger partial charge in [-0.05, 0) is 50.5 Å². The van der Waals surface area contributed by atoms with E-state index in [2.05, 4.69) is 10.6 Å². The number of benzene rings is 1. The molecular formula is C21H28N4O5S2. The summed E-state index contributed by atoms with van der Waals surface area (Å²) < 4.78 is 27.3. The van der Waals surface area contributed by atoms with Crippen molar-refractivity contribution in [2.75, 3.05) is 24.2 Å². The molecule has 1 aromatic carbocycles. The van der Waals surface area contributed by atoms with Gasteiger partial charge in [-0.3, -0.25) is 14.4 Å². The van der Waals surface area contributed by atoms with Gasteiger partial charge >= 0.3 is 0 Å². The van der Waals surface area contributed by atoms with E-state index in [1.807, 2.05) is 6.92 Å². The summed E-state index contributed by atoms with van der Waals surface area (Å²) >= 11 is 1.66. The first-order valence-corrected chi connectivity index (χ1v) is 13.2. The second-order valence-corrected chi connectivity index (χ2v) is 12.1. The number of fused-ring (bicyclic) bond motifs is 1. The molecule has 0 aliphatic carbocycles. The summed E-state index contributed by atoms with van der Waals surface area (Å²) in [7, 11) is -3.65. The predicted molar refractivity (Wildman–Crippen MR) is 121 cm³/mol. The molecule has 9 nitrogen and oxygen atoms in total. The zero-order valence-corrected chi connectivity index (χ0v) is 19.8. The third kappa shape index (κ3) is 4.38. The highest BCUT2D eigenvalue weighted by atomic mass is 32.2. The van der Waals surface area contributed by atoms with Crippen LogP contribution < -0.4 is 10.6 Å². The number of hydrogen-bond donors (Lipinski definition) is 2. The minimum atomic E-state index is -3.65. The molecule has 1 aromatic rings. The van der Waals surface area contributed by atoms with Crippen LogP contribution in [0.1, 0.15) is 39.5 Å². The molecular weight excluding hydrogens is 452 g/mol. The number of carbonyl (C=O) groups is 3. The zero-order chi connectivity index (χ0) is 23.1. The second-order valence-electron chi connectivity index (χ2n) is 8.66. The van der Waals surface area contributed by atoms with Crippen molar-refractivity contribution in [2.24, 2.45) is 0 Å². The van der Waals surface area contributed by atoms with Crippen LogP contribution in [0, 0.1) is 0 Å². The Morgan fingerprint density at radius 1 is 1.16 bits per heavy atom. The Balaban J connectivity index is 1.33. The van der Waals surface area contributed by atoms with Crippen molar-refractivity contribution < 1.29 is 22.8 Å². The molecule has 11 heteroatoms. The quantitative estimate of drug-likeness (QED) is 0.658. The number of carbonyl (C=O) groups excluding carboxylic acids is 3. The molecule has 3 amide bonds. The van der Waals surface area contributed by atoms with Gasteiger partial charge in [0.2, 0.25) is 27.7 Å². The Hall–Kier alpha value is -2.11. The number of hydrogen-bond acceptors (Lipinski definition) is 6. The summed E-state index contributed by atoms with van der Waals surface area (Å²) in [5.74, 6) is 0.254. The van der Waals surface area contributed by atoms with Gasteiger partial charge in [0.1, 0.15) is 6.04 Å². The van der Waals surface area contributed by atoms with Gasteiger partial charge in [0.25, 0.3) is 0 Å². The zero-order valence-electron chi connectivity index (χ0n) is 18.2. The third-order valence-electron chi connectivity index (χ3n) is 6.36. The lowest BCUT2D eigenvalue weighted by molar-refractivity contribution is -0.138. The summed E-state index contributed by atoms with van der Waals surface area (Å²) in [5.41, 5.74) is 0.538. The van der Waals surface area contributed by atoms with E-state index in [0.717, 1.165) is 6.42 Å². The number of thioether (sulfide) groups is 1. The van der Waals surface area contributed by atoms with Gasteiger partial charge in [-0.1, -0.05) is 0 Å². The number of rotatable bonds is 5. The molecule has 0 radical (unpaired) electrons. The van der Waals surface area contributed by atoms with Gasteiger partial charge in [0.05, 0.1) is 9.77 Å². The fourth-order valence-electron chi connectivity index (χ4n) is 4.62. The molecule has 4 rings (SSSR count). The molecule has 3 saturated heterocycles. The number of sulfonamides is 1. The summed E-state index contributed by atoms with van der Waals surface area (Å²) in [5, 5.41) is 5.66. The van der Waals surface area contributed by atoms with E-state index in [1.165, 1.54) is 23.4 Å². The highest BCUT2D eigenvalue weighted by molar-refractivity contribution is 8.01. The van der Waals surface area contributed by atoms with E-state index >= 15 is 0 Å². The van der Waals surface area contributed by atoms with Crippen LogP contribution in [0.3, 0.4) is 0 Å². The lowest BCUT2D eigenvalue weighted by Crippen LogP contribution is -2.54. The van der Waals surface area contributed by atoms with Crippen LogP contribution in [0.2, 0.25) is 0 Å². The minimum absolute atomic E-state index is 0.0306. The monoisotopic (exact) mass is 480 g/mol. The maximum absolute atomic E-state index is 13.0. The lowest BCUT2D eigenvalue weighted by atomic mass is 10.1. The van der Waals surface area contributed by atoms with Crippen molar-refractivity contribution in [2.45, 2.75) is 61.4 Å². The first-order valence-electron chi connectivity index (χ1n) is 10.7. The van der Waals surface area contributed by atoms with E-state index < -0.39 is 16.1 Å². The number of amides is 3. The number of anilines is 1. The minimum Gasteiger partial charge on any atom is -0.351 e. The molecule has 0 saturated carbocycles. The SMILES string of the molecule is CC(=O)Nc1ccc(S(=O)(=O)N2CCC(NC(=O)C3CSC4(C)CCC(=O)N34)CC2)cc1. The normalized spacial score (nSPS) is 26.8. The molecule has 0 spiro atoms. The maximum atomic E-state index is 13.0. The average Bonchev–Trinajstić information content (AvgIpc) is 3.24. The highest BCUT2D eigenvalue weighted by Gasteiger charge is 2.53. The number of nitrogens with zero attached hydrogens (tertiary/aromatic N) is 2. The maximum Gasteiger partial charge on any atom is 0.243 e. The van der Waals surface area contributed by atoms with Crippen molar-refractivity contribution in [3.63, 3.8) is 0 Å². The lowest BCUT2D eigenvalue weighted by Gasteiger charge is -2.34. The largest absolute Gasteiger partial charge is 0.351 e. The van der Waals surface area contributed by atoms with Crippen molar-refractivity contribution in [1.29, 1.82) is 0 Å². The molecule has 3 aliphatic rings. The van der Waals surface area contributed by atoms with E-state index in [1.54, 1.807) is 28.8 Å². The van der Waals surface area contributed by atoms with Gasteiger partial charge in [-0.25, -0.2) is 8.42 Å². The Bertz CT molecular complexity index is 1020. The molecule has 2 atom stereocenters. The fraction of sp³-hybridized carbons (Fsp3) is 0.571. The predicted octanol–water partition coefficient (Wildman–Crippen LogP) is 1.37. The summed E-state index contributed by atoms with van der Waals surface area (Å²) in [4.78, 5) is 37.9. The molecule has 3 heterocycles. The molecule has 0 bridgehead atoms. The standard InChI is InChI=1S/C21H28N4O5S2/c1-14(26)22-15-3-5-17(6-4-15)32(29,30)24-11-8-16(9-12-24)23-20(28)18-13-31-21(2)10-7-19(27)25(18)21/h3-6,16,18H,7-13H2,1-2H3,(H,22,26)(H,23,28). The third-order valence-corrected chi connectivity index (χ3v) is 9.78.